The average Bonchev–Trinajstić information content (AvgIpc) is 3.38. The molecule has 1 saturated heterocycles. The third-order valence-electron chi connectivity index (χ3n) is 9.00. The third kappa shape index (κ3) is 5.77. The maximum absolute atomic E-state index is 14.0. The Morgan fingerprint density at radius 2 is 1.85 bits per heavy atom. The zero-order chi connectivity index (χ0) is 28.7. The largest absolute Gasteiger partial charge is 0.573 e. The molecule has 2 heterocycles. The normalized spacial score (nSPS) is 24.1. The number of amides is 1. The monoisotopic (exact) mass is 560 g/mol. The maximum atomic E-state index is 14.0. The van der Waals surface area contributed by atoms with Crippen molar-refractivity contribution in [3.63, 3.8) is 0 Å². The number of rotatable bonds is 6. The lowest BCUT2D eigenvalue weighted by atomic mass is 9.74. The summed E-state index contributed by atoms with van der Waals surface area (Å²) in [6, 6.07) is 11.4. The number of ether oxygens (including phenoxy) is 2. The summed E-state index contributed by atoms with van der Waals surface area (Å²) in [4.78, 5) is 29.5. The van der Waals surface area contributed by atoms with Crippen LogP contribution in [-0.4, -0.2) is 59.0 Å². The summed E-state index contributed by atoms with van der Waals surface area (Å²) in [5.74, 6) is -0.413. The Bertz CT molecular complexity index is 1260. The number of likely N-dealkylation sites (tertiary alicyclic amines) is 1. The van der Waals surface area contributed by atoms with Crippen LogP contribution >= 0.6 is 0 Å². The minimum Gasteiger partial charge on any atom is -0.478 e. The van der Waals surface area contributed by atoms with Crippen molar-refractivity contribution < 1.29 is 37.3 Å². The molecule has 3 aliphatic rings. The van der Waals surface area contributed by atoms with Gasteiger partial charge < -0.3 is 24.4 Å². The van der Waals surface area contributed by atoms with Gasteiger partial charge in [0.1, 0.15) is 11.5 Å². The third-order valence-corrected chi connectivity index (χ3v) is 9.00. The molecule has 0 radical (unpaired) electrons. The van der Waals surface area contributed by atoms with E-state index < -0.39 is 17.7 Å². The van der Waals surface area contributed by atoms with Gasteiger partial charge in [0.2, 0.25) is 5.91 Å². The Labute approximate surface area is 231 Å². The van der Waals surface area contributed by atoms with Gasteiger partial charge in [0.15, 0.2) is 6.73 Å². The van der Waals surface area contributed by atoms with Crippen LogP contribution in [0.15, 0.2) is 42.5 Å². The molecule has 2 aromatic rings. The van der Waals surface area contributed by atoms with E-state index in [0.717, 1.165) is 50.8 Å². The van der Waals surface area contributed by atoms with E-state index in [1.54, 1.807) is 23.1 Å². The van der Waals surface area contributed by atoms with Crippen LogP contribution in [0.2, 0.25) is 0 Å². The fraction of sp³-hybridized carbons (Fsp3) is 0.533. The first-order valence-corrected chi connectivity index (χ1v) is 13.8. The second-order valence-electron chi connectivity index (χ2n) is 11.5. The van der Waals surface area contributed by atoms with Crippen molar-refractivity contribution >= 4 is 11.9 Å². The number of halogens is 3. The molecule has 2 aliphatic heterocycles. The molecule has 5 rings (SSSR count). The van der Waals surface area contributed by atoms with Gasteiger partial charge in [0, 0.05) is 11.6 Å². The Morgan fingerprint density at radius 3 is 2.52 bits per heavy atom. The molecule has 1 amide bonds. The lowest BCUT2D eigenvalue weighted by molar-refractivity contribution is -0.274. The fourth-order valence-corrected chi connectivity index (χ4v) is 6.71. The Balaban J connectivity index is 1.24. The molecule has 216 valence electrons. The topological polar surface area (TPSA) is 79.3 Å². The number of hydrogen-bond donors (Lipinski definition) is 1. The number of benzene rings is 2. The number of carbonyl (C=O) groups excluding carboxylic acids is 1. The van der Waals surface area contributed by atoms with Crippen molar-refractivity contribution in [3.8, 4) is 11.5 Å². The summed E-state index contributed by atoms with van der Waals surface area (Å²) >= 11 is 0. The van der Waals surface area contributed by atoms with Crippen LogP contribution < -0.4 is 9.47 Å². The van der Waals surface area contributed by atoms with Crippen molar-refractivity contribution in [1.82, 2.24) is 9.80 Å². The number of piperidine rings is 1. The highest BCUT2D eigenvalue weighted by atomic mass is 19.4. The Kier molecular flexibility index (Phi) is 7.74. The van der Waals surface area contributed by atoms with E-state index in [9.17, 15) is 27.9 Å². The van der Waals surface area contributed by atoms with Gasteiger partial charge in [-0.05, 0) is 92.9 Å². The van der Waals surface area contributed by atoms with Gasteiger partial charge in [-0.2, -0.15) is 0 Å². The fourth-order valence-electron chi connectivity index (χ4n) is 6.71. The van der Waals surface area contributed by atoms with E-state index in [0.29, 0.717) is 22.8 Å². The van der Waals surface area contributed by atoms with Crippen LogP contribution in [0.4, 0.5) is 13.2 Å². The van der Waals surface area contributed by atoms with Crippen molar-refractivity contribution in [3.05, 3.63) is 59.2 Å². The van der Waals surface area contributed by atoms with Crippen LogP contribution in [0.25, 0.3) is 0 Å². The van der Waals surface area contributed by atoms with Gasteiger partial charge >= 0.3 is 12.3 Å². The number of fused-ring (bicyclic) bond motifs is 1. The van der Waals surface area contributed by atoms with Crippen molar-refractivity contribution in [2.75, 3.05) is 19.8 Å². The van der Waals surface area contributed by atoms with Crippen LogP contribution in [0.5, 0.6) is 11.5 Å². The zero-order valence-electron chi connectivity index (χ0n) is 22.7. The standard InChI is InChI=1S/C30H35F3N2O5/c1-19(2)29(28(38)35-17-23-15-25(40-30(31,32)33)6-7-26(23)39-18-35)11-8-24(16-29)34-12-9-20(10-13-34)21-4-3-5-22(14-21)27(36)37/h3-7,14-15,19-20,24H,8-13,16-18H2,1-2H3,(H,36,37)/t24-,29+/m1/s1. The number of carboxylic acid groups (broad SMARTS) is 1. The van der Waals surface area contributed by atoms with Gasteiger partial charge in [-0.3, -0.25) is 4.79 Å². The number of carboxylic acids is 1. The predicted molar refractivity (Wildman–Crippen MR) is 141 cm³/mol. The summed E-state index contributed by atoms with van der Waals surface area (Å²) in [7, 11) is 0. The summed E-state index contributed by atoms with van der Waals surface area (Å²) < 4.78 is 48.0. The SMILES string of the molecule is CC(C)[C@]1(C(=O)N2COc3ccc(OC(F)(F)F)cc3C2)CC[C@@H](N2CCC(c3cccc(C(=O)O)c3)CC2)C1. The summed E-state index contributed by atoms with van der Waals surface area (Å²) in [6.45, 7) is 6.13. The lowest BCUT2D eigenvalue weighted by Crippen LogP contribution is -2.49. The first kappa shape index (κ1) is 28.3. The quantitative estimate of drug-likeness (QED) is 0.465. The molecule has 0 bridgehead atoms. The molecule has 2 fully saturated rings. The van der Waals surface area contributed by atoms with Crippen LogP contribution in [0.3, 0.4) is 0 Å². The molecule has 10 heteroatoms. The zero-order valence-corrected chi connectivity index (χ0v) is 22.7. The molecule has 1 aliphatic carbocycles. The highest BCUT2D eigenvalue weighted by Crippen LogP contribution is 2.49. The number of hydrogen-bond acceptors (Lipinski definition) is 5. The molecular formula is C30H35F3N2O5. The van der Waals surface area contributed by atoms with E-state index in [-0.39, 0.29) is 36.9 Å². The first-order chi connectivity index (χ1) is 18.9. The van der Waals surface area contributed by atoms with Gasteiger partial charge in [-0.1, -0.05) is 26.0 Å². The number of nitrogens with zero attached hydrogens (tertiary/aromatic N) is 2. The van der Waals surface area contributed by atoms with E-state index in [4.69, 9.17) is 4.74 Å². The molecule has 0 spiro atoms. The van der Waals surface area contributed by atoms with Gasteiger partial charge in [-0.15, -0.1) is 13.2 Å². The molecule has 1 saturated carbocycles. The van der Waals surface area contributed by atoms with Crippen molar-refractivity contribution in [1.29, 1.82) is 0 Å². The Hall–Kier alpha value is -3.27. The van der Waals surface area contributed by atoms with Crippen LogP contribution in [-0.2, 0) is 11.3 Å². The van der Waals surface area contributed by atoms with Crippen LogP contribution in [0, 0.1) is 11.3 Å². The van der Waals surface area contributed by atoms with Crippen molar-refractivity contribution in [2.24, 2.45) is 11.3 Å². The minimum absolute atomic E-state index is 0.0156. The van der Waals surface area contributed by atoms with E-state index in [1.807, 2.05) is 6.07 Å². The van der Waals surface area contributed by atoms with Crippen molar-refractivity contribution in [2.45, 2.75) is 70.8 Å². The molecule has 0 unspecified atom stereocenters. The molecule has 2 aromatic carbocycles. The first-order valence-electron chi connectivity index (χ1n) is 13.8. The van der Waals surface area contributed by atoms with E-state index >= 15 is 0 Å². The summed E-state index contributed by atoms with van der Waals surface area (Å²) in [5.41, 5.74) is 1.29. The molecule has 40 heavy (non-hydrogen) atoms. The maximum Gasteiger partial charge on any atom is 0.573 e. The second-order valence-corrected chi connectivity index (χ2v) is 11.5. The van der Waals surface area contributed by atoms with Gasteiger partial charge in [-0.25, -0.2) is 4.79 Å². The highest BCUT2D eigenvalue weighted by molar-refractivity contribution is 5.87. The summed E-state index contributed by atoms with van der Waals surface area (Å²) in [5, 5.41) is 9.33. The number of alkyl halides is 3. The van der Waals surface area contributed by atoms with Crippen LogP contribution in [0.1, 0.15) is 73.4 Å². The van der Waals surface area contributed by atoms with E-state index in [2.05, 4.69) is 23.5 Å². The average molecular weight is 561 g/mol. The number of aromatic carboxylic acids is 1. The van der Waals surface area contributed by atoms with Gasteiger partial charge in [0.05, 0.1) is 17.5 Å². The molecule has 1 N–H and O–H groups in total. The minimum atomic E-state index is -4.79. The van der Waals surface area contributed by atoms with E-state index in [1.165, 1.54) is 18.2 Å². The predicted octanol–water partition coefficient (Wildman–Crippen LogP) is 6.04. The number of carbonyl (C=O) groups is 2. The second kappa shape index (κ2) is 11.0. The highest BCUT2D eigenvalue weighted by Gasteiger charge is 2.51. The Morgan fingerprint density at radius 1 is 1.10 bits per heavy atom. The van der Waals surface area contributed by atoms with Gasteiger partial charge in [0.25, 0.3) is 0 Å². The lowest BCUT2D eigenvalue weighted by Gasteiger charge is -2.41. The molecule has 0 aromatic heterocycles. The summed E-state index contributed by atoms with van der Waals surface area (Å²) in [6.07, 6.45) is -0.560. The molecule has 7 nitrogen and oxygen atoms in total. The smallest absolute Gasteiger partial charge is 0.478 e. The molecule has 2 atom stereocenters. The molecular weight excluding hydrogens is 525 g/mol.